The number of rotatable bonds is 5. The Morgan fingerprint density at radius 1 is 1.16 bits per heavy atom. The van der Waals surface area contributed by atoms with E-state index in [1.54, 1.807) is 6.07 Å². The van der Waals surface area contributed by atoms with Gasteiger partial charge >= 0.3 is 0 Å². The number of benzene rings is 1. The lowest BCUT2D eigenvalue weighted by Crippen LogP contribution is -2.26. The highest BCUT2D eigenvalue weighted by atomic mass is 32.2. The van der Waals surface area contributed by atoms with E-state index in [9.17, 15) is 8.42 Å². The molecule has 102 valence electrons. The number of hydrogen-bond acceptors (Lipinski definition) is 4. The average Bonchev–Trinajstić information content (AvgIpc) is 2.89. The molecule has 0 unspecified atom stereocenters. The first-order chi connectivity index (χ1) is 9.04. The Labute approximate surface area is 112 Å². The first kappa shape index (κ1) is 13.8. The molecular weight excluding hydrogens is 264 g/mol. The first-order valence-corrected chi connectivity index (χ1v) is 7.27. The molecule has 0 aliphatic heterocycles. The molecule has 1 aromatic heterocycles. The molecule has 6 heteroatoms. The number of sulfonamides is 1. The minimum absolute atomic E-state index is 0.0774. The second-order valence-corrected chi connectivity index (χ2v) is 6.15. The fourth-order valence-corrected chi connectivity index (χ4v) is 2.76. The van der Waals surface area contributed by atoms with Crippen molar-refractivity contribution < 1.29 is 12.8 Å². The minimum Gasteiger partial charge on any atom is -0.447 e. The van der Waals surface area contributed by atoms with E-state index in [0.29, 0.717) is 12.3 Å². The lowest BCUT2D eigenvalue weighted by atomic mass is 10.2. The van der Waals surface area contributed by atoms with Crippen molar-refractivity contribution in [1.82, 2.24) is 4.31 Å². The lowest BCUT2D eigenvalue weighted by molar-refractivity contribution is 0.387. The maximum Gasteiger partial charge on any atom is 0.276 e. The first-order valence-electron chi connectivity index (χ1n) is 5.83. The quantitative estimate of drug-likeness (QED) is 0.901. The summed E-state index contributed by atoms with van der Waals surface area (Å²) in [6.07, 6.45) is 0. The Balaban J connectivity index is 2.19. The molecule has 5 nitrogen and oxygen atoms in total. The Morgan fingerprint density at radius 2 is 1.84 bits per heavy atom. The standard InChI is InChI=1S/C13H16N2O3S/c1-15(10-11-5-3-2-4-6-11)19(16,17)13-8-7-12(9-14)18-13/h2-8H,9-10,14H2,1H3. The SMILES string of the molecule is CN(Cc1ccccc1)S(=O)(=O)c1ccc(CN)o1. The highest BCUT2D eigenvalue weighted by Crippen LogP contribution is 2.19. The molecule has 0 spiro atoms. The third-order valence-electron chi connectivity index (χ3n) is 2.75. The van der Waals surface area contributed by atoms with Gasteiger partial charge in [-0.1, -0.05) is 30.3 Å². The van der Waals surface area contributed by atoms with Gasteiger partial charge < -0.3 is 10.2 Å². The highest BCUT2D eigenvalue weighted by molar-refractivity contribution is 7.88. The summed E-state index contributed by atoms with van der Waals surface area (Å²) in [6, 6.07) is 12.4. The highest BCUT2D eigenvalue weighted by Gasteiger charge is 2.24. The zero-order valence-corrected chi connectivity index (χ0v) is 11.4. The number of nitrogens with zero attached hydrogens (tertiary/aromatic N) is 1. The molecule has 0 amide bonds. The fourth-order valence-electron chi connectivity index (χ4n) is 1.69. The normalized spacial score (nSPS) is 11.9. The maximum atomic E-state index is 12.3. The molecule has 0 saturated heterocycles. The van der Waals surface area contributed by atoms with Crippen molar-refractivity contribution in [2.75, 3.05) is 7.05 Å². The van der Waals surface area contributed by atoms with Crippen LogP contribution in [-0.4, -0.2) is 19.8 Å². The molecule has 1 aromatic carbocycles. The molecule has 0 aliphatic carbocycles. The van der Waals surface area contributed by atoms with Crippen LogP contribution in [0, 0.1) is 0 Å². The van der Waals surface area contributed by atoms with Crippen molar-refractivity contribution in [1.29, 1.82) is 0 Å². The second kappa shape index (κ2) is 5.56. The largest absolute Gasteiger partial charge is 0.447 e. The van der Waals surface area contributed by atoms with Gasteiger partial charge in [-0.05, 0) is 17.7 Å². The fraction of sp³-hybridized carbons (Fsp3) is 0.231. The number of hydrogen-bond donors (Lipinski definition) is 1. The van der Waals surface area contributed by atoms with Crippen molar-refractivity contribution in [2.24, 2.45) is 5.73 Å². The minimum atomic E-state index is -3.62. The summed E-state index contributed by atoms with van der Waals surface area (Å²) < 4.78 is 31.0. The maximum absolute atomic E-state index is 12.3. The van der Waals surface area contributed by atoms with E-state index in [4.69, 9.17) is 10.2 Å². The predicted octanol–water partition coefficient (Wildman–Crippen LogP) is 1.56. The average molecular weight is 280 g/mol. The van der Waals surface area contributed by atoms with E-state index < -0.39 is 10.0 Å². The van der Waals surface area contributed by atoms with Gasteiger partial charge in [-0.15, -0.1) is 0 Å². The molecule has 0 atom stereocenters. The van der Waals surface area contributed by atoms with Crippen LogP contribution in [0.25, 0.3) is 0 Å². The van der Waals surface area contributed by atoms with E-state index in [0.717, 1.165) is 5.56 Å². The van der Waals surface area contributed by atoms with Gasteiger partial charge in [0.25, 0.3) is 10.0 Å². The third kappa shape index (κ3) is 3.04. The predicted molar refractivity (Wildman–Crippen MR) is 71.7 cm³/mol. The Bertz CT molecular complexity index is 635. The van der Waals surface area contributed by atoms with E-state index in [-0.39, 0.29) is 11.6 Å². The molecule has 2 aromatic rings. The van der Waals surface area contributed by atoms with E-state index in [1.165, 1.54) is 17.4 Å². The third-order valence-corrected chi connectivity index (χ3v) is 4.43. The van der Waals surface area contributed by atoms with Crippen molar-refractivity contribution in [3.63, 3.8) is 0 Å². The molecule has 0 aliphatic rings. The second-order valence-electron chi connectivity index (χ2n) is 4.17. The molecule has 0 radical (unpaired) electrons. The Kier molecular flexibility index (Phi) is 4.04. The van der Waals surface area contributed by atoms with Gasteiger partial charge in [-0.3, -0.25) is 0 Å². The molecule has 19 heavy (non-hydrogen) atoms. The molecule has 0 saturated carbocycles. The van der Waals surface area contributed by atoms with Crippen LogP contribution < -0.4 is 5.73 Å². The van der Waals surface area contributed by atoms with Crippen LogP contribution in [0.1, 0.15) is 11.3 Å². The monoisotopic (exact) mass is 280 g/mol. The van der Waals surface area contributed by atoms with Gasteiger partial charge in [-0.25, -0.2) is 8.42 Å². The molecule has 2 rings (SSSR count). The van der Waals surface area contributed by atoms with Crippen LogP contribution in [-0.2, 0) is 23.1 Å². The summed E-state index contributed by atoms with van der Waals surface area (Å²) in [5, 5.41) is -0.0774. The summed E-state index contributed by atoms with van der Waals surface area (Å²) >= 11 is 0. The molecular formula is C13H16N2O3S. The van der Waals surface area contributed by atoms with Gasteiger partial charge in [0.1, 0.15) is 5.76 Å². The number of nitrogens with two attached hydrogens (primary N) is 1. The van der Waals surface area contributed by atoms with Gasteiger partial charge in [0, 0.05) is 13.6 Å². The van der Waals surface area contributed by atoms with E-state index in [1.807, 2.05) is 30.3 Å². The zero-order valence-electron chi connectivity index (χ0n) is 10.6. The summed E-state index contributed by atoms with van der Waals surface area (Å²) in [5.41, 5.74) is 6.32. The molecule has 0 bridgehead atoms. The topological polar surface area (TPSA) is 76.5 Å². The van der Waals surface area contributed by atoms with Crippen molar-refractivity contribution in [2.45, 2.75) is 18.2 Å². The molecule has 2 N–H and O–H groups in total. The van der Waals surface area contributed by atoms with Crippen LogP contribution >= 0.6 is 0 Å². The van der Waals surface area contributed by atoms with Crippen molar-refractivity contribution in [3.8, 4) is 0 Å². The van der Waals surface area contributed by atoms with Gasteiger partial charge in [0.2, 0.25) is 5.09 Å². The molecule has 0 fully saturated rings. The number of furan rings is 1. The lowest BCUT2D eigenvalue weighted by Gasteiger charge is -2.15. The summed E-state index contributed by atoms with van der Waals surface area (Å²) in [4.78, 5) is 0. The summed E-state index contributed by atoms with van der Waals surface area (Å²) in [7, 11) is -2.09. The van der Waals surface area contributed by atoms with E-state index >= 15 is 0 Å². The Hall–Kier alpha value is -1.63. The van der Waals surface area contributed by atoms with Crippen molar-refractivity contribution >= 4 is 10.0 Å². The summed E-state index contributed by atoms with van der Waals surface area (Å²) in [6.45, 7) is 0.472. The van der Waals surface area contributed by atoms with Crippen LogP contribution in [0.2, 0.25) is 0 Å². The van der Waals surface area contributed by atoms with Crippen LogP contribution in [0.4, 0.5) is 0 Å². The molecule has 1 heterocycles. The van der Waals surface area contributed by atoms with Gasteiger partial charge in [0.15, 0.2) is 0 Å². The van der Waals surface area contributed by atoms with Crippen LogP contribution in [0.5, 0.6) is 0 Å². The zero-order chi connectivity index (χ0) is 13.9. The van der Waals surface area contributed by atoms with E-state index in [2.05, 4.69) is 0 Å². The summed E-state index contributed by atoms with van der Waals surface area (Å²) in [5.74, 6) is 0.451. The van der Waals surface area contributed by atoms with Crippen LogP contribution in [0.15, 0.2) is 52.0 Å². The van der Waals surface area contributed by atoms with Gasteiger partial charge in [-0.2, -0.15) is 4.31 Å². The van der Waals surface area contributed by atoms with Gasteiger partial charge in [0.05, 0.1) is 6.54 Å². The van der Waals surface area contributed by atoms with Crippen molar-refractivity contribution in [3.05, 3.63) is 53.8 Å². The Morgan fingerprint density at radius 3 is 2.42 bits per heavy atom. The smallest absolute Gasteiger partial charge is 0.276 e. The van der Waals surface area contributed by atoms with Crippen LogP contribution in [0.3, 0.4) is 0 Å².